The molecule has 1 aromatic rings. The highest BCUT2D eigenvalue weighted by Crippen LogP contribution is 1.97. The molecule has 1 aromatic heterocycles. The van der Waals surface area contributed by atoms with Crippen molar-refractivity contribution >= 4 is 18.3 Å². The van der Waals surface area contributed by atoms with Crippen molar-refractivity contribution < 1.29 is 9.21 Å². The quantitative estimate of drug-likeness (QED) is 0.669. The first kappa shape index (κ1) is 9.04. The Morgan fingerprint density at radius 1 is 1.70 bits per heavy atom. The van der Waals surface area contributed by atoms with Gasteiger partial charge in [-0.2, -0.15) is 0 Å². The van der Waals surface area contributed by atoms with E-state index in [0.29, 0.717) is 5.76 Å². The van der Waals surface area contributed by atoms with E-state index in [1.54, 1.807) is 19.2 Å². The molecule has 1 N–H and O–H groups in total. The smallest absolute Gasteiger partial charge is 0.286 e. The summed E-state index contributed by atoms with van der Waals surface area (Å²) in [4.78, 5) is 10.7. The van der Waals surface area contributed by atoms with E-state index in [1.807, 2.05) is 0 Å². The monoisotopic (exact) mass is 161 g/mol. The van der Waals surface area contributed by atoms with E-state index in [4.69, 9.17) is 4.42 Å². The Morgan fingerprint density at radius 2 is 2.40 bits per heavy atom. The van der Waals surface area contributed by atoms with Gasteiger partial charge in [0.1, 0.15) is 0 Å². The molecule has 0 aliphatic carbocycles. The summed E-state index contributed by atoms with van der Waals surface area (Å²) in [6, 6.07) is 3.28. The minimum atomic E-state index is -0.194. The van der Waals surface area contributed by atoms with Crippen LogP contribution in [0, 0.1) is 0 Å². The summed E-state index contributed by atoms with van der Waals surface area (Å²) in [6.45, 7) is 0. The molecule has 0 saturated carbocycles. The van der Waals surface area contributed by atoms with Gasteiger partial charge in [-0.15, -0.1) is 12.4 Å². The molecule has 1 heterocycles. The lowest BCUT2D eigenvalue weighted by atomic mass is 10.4. The van der Waals surface area contributed by atoms with Crippen LogP contribution >= 0.6 is 12.4 Å². The van der Waals surface area contributed by atoms with Crippen molar-refractivity contribution in [1.82, 2.24) is 5.32 Å². The molecule has 0 fully saturated rings. The topological polar surface area (TPSA) is 42.2 Å². The second-order valence-corrected chi connectivity index (χ2v) is 1.56. The maximum atomic E-state index is 10.7. The van der Waals surface area contributed by atoms with Crippen molar-refractivity contribution in [1.29, 1.82) is 0 Å². The van der Waals surface area contributed by atoms with Crippen molar-refractivity contribution in [3.63, 3.8) is 0 Å². The second kappa shape index (κ2) is 3.95. The lowest BCUT2D eigenvalue weighted by Crippen LogP contribution is -2.16. The molecule has 0 aromatic carbocycles. The van der Waals surface area contributed by atoms with Crippen molar-refractivity contribution in [3.05, 3.63) is 24.2 Å². The molecule has 1 amide bonds. The fourth-order valence-electron chi connectivity index (χ4n) is 0.531. The van der Waals surface area contributed by atoms with Crippen LogP contribution in [0.2, 0.25) is 0 Å². The van der Waals surface area contributed by atoms with Crippen LogP contribution in [0.1, 0.15) is 10.6 Å². The lowest BCUT2D eigenvalue weighted by molar-refractivity contribution is 0.0935. The van der Waals surface area contributed by atoms with Gasteiger partial charge in [0.2, 0.25) is 0 Å². The molecule has 0 atom stereocenters. The molecule has 0 spiro atoms. The highest BCUT2D eigenvalue weighted by Gasteiger charge is 2.02. The molecular weight excluding hydrogens is 154 g/mol. The van der Waals surface area contributed by atoms with Gasteiger partial charge in [0.15, 0.2) is 5.76 Å². The Bertz CT molecular complexity index is 196. The molecular formula is C6H8ClNO2. The van der Waals surface area contributed by atoms with E-state index in [1.165, 1.54) is 6.26 Å². The summed E-state index contributed by atoms with van der Waals surface area (Å²) in [5.74, 6) is 0.150. The third-order valence-corrected chi connectivity index (χ3v) is 0.972. The zero-order valence-corrected chi connectivity index (χ0v) is 6.27. The predicted molar refractivity (Wildman–Crippen MR) is 39.3 cm³/mol. The van der Waals surface area contributed by atoms with Crippen LogP contribution in [0.3, 0.4) is 0 Å². The molecule has 0 aliphatic heterocycles. The van der Waals surface area contributed by atoms with Crippen LogP contribution in [0.5, 0.6) is 0 Å². The summed E-state index contributed by atoms with van der Waals surface area (Å²) in [5.41, 5.74) is 0. The number of rotatable bonds is 1. The third kappa shape index (κ3) is 1.77. The number of furan rings is 1. The van der Waals surface area contributed by atoms with Crippen molar-refractivity contribution in [2.24, 2.45) is 0 Å². The first-order valence-electron chi connectivity index (χ1n) is 2.60. The van der Waals surface area contributed by atoms with E-state index in [2.05, 4.69) is 5.32 Å². The molecule has 0 radical (unpaired) electrons. The van der Waals surface area contributed by atoms with Gasteiger partial charge >= 0.3 is 0 Å². The summed E-state index contributed by atoms with van der Waals surface area (Å²) in [5, 5.41) is 2.43. The zero-order chi connectivity index (χ0) is 6.69. The fraction of sp³-hybridized carbons (Fsp3) is 0.167. The molecule has 0 saturated heterocycles. The summed E-state index contributed by atoms with van der Waals surface area (Å²) < 4.78 is 4.77. The van der Waals surface area contributed by atoms with Gasteiger partial charge in [0, 0.05) is 7.05 Å². The fourth-order valence-corrected chi connectivity index (χ4v) is 0.531. The van der Waals surface area contributed by atoms with E-state index in [9.17, 15) is 4.79 Å². The SMILES string of the molecule is CNC(=O)c1ccco1.Cl. The first-order valence-corrected chi connectivity index (χ1v) is 2.60. The molecule has 56 valence electrons. The lowest BCUT2D eigenvalue weighted by Gasteiger charge is -1.90. The summed E-state index contributed by atoms with van der Waals surface area (Å²) in [6.07, 6.45) is 1.46. The Kier molecular flexibility index (Phi) is 3.57. The number of hydrogen-bond donors (Lipinski definition) is 1. The highest BCUT2D eigenvalue weighted by atomic mass is 35.5. The number of carbonyl (C=O) groups excluding carboxylic acids is 1. The van der Waals surface area contributed by atoms with Gasteiger partial charge in [0.05, 0.1) is 6.26 Å². The molecule has 4 heteroatoms. The Morgan fingerprint density at radius 3 is 2.80 bits per heavy atom. The molecule has 3 nitrogen and oxygen atoms in total. The number of carbonyl (C=O) groups is 1. The van der Waals surface area contributed by atoms with Crippen LogP contribution < -0.4 is 5.32 Å². The van der Waals surface area contributed by atoms with Crippen LogP contribution in [0.15, 0.2) is 22.8 Å². The summed E-state index contributed by atoms with van der Waals surface area (Å²) >= 11 is 0. The van der Waals surface area contributed by atoms with Crippen LogP contribution in [-0.2, 0) is 0 Å². The number of nitrogens with one attached hydrogen (secondary N) is 1. The third-order valence-electron chi connectivity index (χ3n) is 0.972. The average molecular weight is 162 g/mol. The van der Waals surface area contributed by atoms with Gasteiger partial charge in [0.25, 0.3) is 5.91 Å². The predicted octanol–water partition coefficient (Wildman–Crippen LogP) is 1.06. The molecule has 0 aliphatic rings. The Hall–Kier alpha value is -0.960. The second-order valence-electron chi connectivity index (χ2n) is 1.56. The maximum Gasteiger partial charge on any atom is 0.286 e. The van der Waals surface area contributed by atoms with Gasteiger partial charge in [-0.25, -0.2) is 0 Å². The molecule has 10 heavy (non-hydrogen) atoms. The minimum absolute atomic E-state index is 0. The summed E-state index contributed by atoms with van der Waals surface area (Å²) in [7, 11) is 1.56. The van der Waals surface area contributed by atoms with Crippen LogP contribution in [0.4, 0.5) is 0 Å². The zero-order valence-electron chi connectivity index (χ0n) is 5.46. The van der Waals surface area contributed by atoms with Gasteiger partial charge in [-0.05, 0) is 12.1 Å². The first-order chi connectivity index (χ1) is 4.34. The number of hydrogen-bond acceptors (Lipinski definition) is 2. The van der Waals surface area contributed by atoms with E-state index >= 15 is 0 Å². The molecule has 0 unspecified atom stereocenters. The van der Waals surface area contributed by atoms with E-state index in [-0.39, 0.29) is 18.3 Å². The largest absolute Gasteiger partial charge is 0.459 e. The van der Waals surface area contributed by atoms with Crippen LogP contribution in [-0.4, -0.2) is 13.0 Å². The maximum absolute atomic E-state index is 10.7. The molecule has 0 bridgehead atoms. The van der Waals surface area contributed by atoms with Gasteiger partial charge < -0.3 is 9.73 Å². The number of halogens is 1. The normalized spacial score (nSPS) is 8.10. The highest BCUT2D eigenvalue weighted by molar-refractivity contribution is 5.91. The van der Waals surface area contributed by atoms with Crippen molar-refractivity contribution in [2.45, 2.75) is 0 Å². The number of amides is 1. The van der Waals surface area contributed by atoms with E-state index < -0.39 is 0 Å². The van der Waals surface area contributed by atoms with Crippen LogP contribution in [0.25, 0.3) is 0 Å². The van der Waals surface area contributed by atoms with Crippen molar-refractivity contribution in [2.75, 3.05) is 7.05 Å². The average Bonchev–Trinajstić information content (AvgIpc) is 2.37. The minimum Gasteiger partial charge on any atom is -0.459 e. The molecule has 1 rings (SSSR count). The Labute approximate surface area is 64.8 Å². The Balaban J connectivity index is 0.000000810. The van der Waals surface area contributed by atoms with Crippen molar-refractivity contribution in [3.8, 4) is 0 Å². The van der Waals surface area contributed by atoms with Gasteiger partial charge in [-0.1, -0.05) is 0 Å². The van der Waals surface area contributed by atoms with Gasteiger partial charge in [-0.3, -0.25) is 4.79 Å². The van der Waals surface area contributed by atoms with E-state index in [0.717, 1.165) is 0 Å². The standard InChI is InChI=1S/C6H7NO2.ClH/c1-7-6(8)5-3-2-4-9-5;/h2-4H,1H3,(H,7,8);1H.